The van der Waals surface area contributed by atoms with Crippen LogP contribution in [0.4, 0.5) is 0 Å². The van der Waals surface area contributed by atoms with Crippen molar-refractivity contribution in [1.29, 1.82) is 0 Å². The van der Waals surface area contributed by atoms with E-state index in [4.69, 9.17) is 14.4 Å². The van der Waals surface area contributed by atoms with Crippen molar-refractivity contribution in [1.82, 2.24) is 24.5 Å². The summed E-state index contributed by atoms with van der Waals surface area (Å²) in [6.07, 6.45) is 3.41. The fourth-order valence-corrected chi connectivity index (χ4v) is 6.83. The fourth-order valence-electron chi connectivity index (χ4n) is 6.83. The molecule has 0 unspecified atom stereocenters. The highest BCUT2D eigenvalue weighted by molar-refractivity contribution is 6.35. The molecule has 0 saturated heterocycles. The first-order valence-electron chi connectivity index (χ1n) is 14.6. The SMILES string of the molecule is c1ccc(-c2nc3ccc4nccnc4c3nc2-n2c3ccccc3c3c4ccccc4c4c5ccccc5oc4c32)cc1. The van der Waals surface area contributed by atoms with Crippen LogP contribution in [0.2, 0.25) is 0 Å². The summed E-state index contributed by atoms with van der Waals surface area (Å²) in [5.74, 6) is 0.713. The minimum Gasteiger partial charge on any atom is -0.454 e. The lowest BCUT2D eigenvalue weighted by molar-refractivity contribution is 0.671. The summed E-state index contributed by atoms with van der Waals surface area (Å²) < 4.78 is 9.02. The van der Waals surface area contributed by atoms with Crippen LogP contribution in [0, 0.1) is 0 Å². The largest absolute Gasteiger partial charge is 0.454 e. The molecule has 0 radical (unpaired) electrons. The van der Waals surface area contributed by atoms with Gasteiger partial charge in [-0.2, -0.15) is 0 Å². The standard InChI is InChI=1S/C38H21N5O/c1-2-10-22(11-3-1)33-38(42-35-28(41-33)19-18-27-34(35)40-21-20-39-27)43-29-16-8-6-14-25(29)31-23-12-4-5-13-24(23)32-26-15-7-9-17-30(26)44-37(32)36(31)43/h1-21H. The second-order valence-corrected chi connectivity index (χ2v) is 11.0. The van der Waals surface area contributed by atoms with Gasteiger partial charge in [0.2, 0.25) is 0 Å². The summed E-state index contributed by atoms with van der Waals surface area (Å²) in [6.45, 7) is 0. The van der Waals surface area contributed by atoms with Crippen LogP contribution >= 0.6 is 0 Å². The average Bonchev–Trinajstić information content (AvgIpc) is 3.65. The highest BCUT2D eigenvalue weighted by atomic mass is 16.3. The summed E-state index contributed by atoms with van der Waals surface area (Å²) in [7, 11) is 0. The van der Waals surface area contributed by atoms with Gasteiger partial charge in [-0.1, -0.05) is 91.0 Å². The van der Waals surface area contributed by atoms with Gasteiger partial charge in [-0.3, -0.25) is 14.5 Å². The maximum Gasteiger partial charge on any atom is 0.165 e. The van der Waals surface area contributed by atoms with Gasteiger partial charge < -0.3 is 4.42 Å². The van der Waals surface area contributed by atoms with Gasteiger partial charge in [0.1, 0.15) is 22.3 Å². The first-order chi connectivity index (χ1) is 21.8. The van der Waals surface area contributed by atoms with Gasteiger partial charge in [0.15, 0.2) is 11.4 Å². The molecule has 6 aromatic carbocycles. The van der Waals surface area contributed by atoms with Crippen LogP contribution in [-0.4, -0.2) is 24.5 Å². The molecule has 0 atom stereocenters. The van der Waals surface area contributed by atoms with Gasteiger partial charge >= 0.3 is 0 Å². The van der Waals surface area contributed by atoms with Gasteiger partial charge in [0.05, 0.1) is 22.1 Å². The highest BCUT2D eigenvalue weighted by Gasteiger charge is 2.25. The number of hydrogen-bond donors (Lipinski definition) is 0. The van der Waals surface area contributed by atoms with Crippen LogP contribution < -0.4 is 0 Å². The van der Waals surface area contributed by atoms with E-state index in [0.717, 1.165) is 76.9 Å². The van der Waals surface area contributed by atoms with Crippen LogP contribution in [0.15, 0.2) is 132 Å². The lowest BCUT2D eigenvalue weighted by atomic mass is 9.99. The Morgan fingerprint density at radius 3 is 2.07 bits per heavy atom. The van der Waals surface area contributed by atoms with E-state index in [1.807, 2.05) is 42.5 Å². The summed E-state index contributed by atoms with van der Waals surface area (Å²) in [5.41, 5.74) is 8.40. The topological polar surface area (TPSA) is 69.6 Å². The van der Waals surface area contributed by atoms with Gasteiger partial charge in [-0.25, -0.2) is 9.97 Å². The highest BCUT2D eigenvalue weighted by Crippen LogP contribution is 2.46. The summed E-state index contributed by atoms with van der Waals surface area (Å²) in [4.78, 5) is 19.9. The molecule has 0 fully saturated rings. The molecule has 10 rings (SSSR count). The molecule has 4 aromatic heterocycles. The zero-order valence-corrected chi connectivity index (χ0v) is 23.3. The first kappa shape index (κ1) is 23.4. The maximum absolute atomic E-state index is 6.78. The minimum atomic E-state index is 0.706. The molecule has 10 aromatic rings. The molecule has 6 heteroatoms. The predicted octanol–water partition coefficient (Wildman–Crippen LogP) is 9.39. The Morgan fingerprint density at radius 2 is 1.20 bits per heavy atom. The quantitative estimate of drug-likeness (QED) is 0.196. The molecule has 0 bridgehead atoms. The molecule has 204 valence electrons. The number of hydrogen-bond acceptors (Lipinski definition) is 5. The molecule has 0 spiro atoms. The number of para-hydroxylation sites is 2. The summed E-state index contributed by atoms with van der Waals surface area (Å²) >= 11 is 0. The van der Waals surface area contributed by atoms with E-state index in [1.54, 1.807) is 12.4 Å². The number of fused-ring (bicyclic) bond motifs is 13. The third-order valence-electron chi connectivity index (χ3n) is 8.66. The Kier molecular flexibility index (Phi) is 4.63. The van der Waals surface area contributed by atoms with E-state index < -0.39 is 0 Å². The van der Waals surface area contributed by atoms with E-state index in [9.17, 15) is 0 Å². The number of furan rings is 1. The Balaban J connectivity index is 1.49. The third-order valence-corrected chi connectivity index (χ3v) is 8.66. The second-order valence-electron chi connectivity index (χ2n) is 11.0. The smallest absolute Gasteiger partial charge is 0.165 e. The third kappa shape index (κ3) is 3.08. The monoisotopic (exact) mass is 563 g/mol. The molecule has 0 aliphatic heterocycles. The number of aromatic nitrogens is 5. The van der Waals surface area contributed by atoms with Gasteiger partial charge in [0, 0.05) is 39.5 Å². The molecule has 0 saturated carbocycles. The lowest BCUT2D eigenvalue weighted by Gasteiger charge is -2.14. The number of nitrogens with zero attached hydrogens (tertiary/aromatic N) is 5. The Morgan fingerprint density at radius 1 is 0.523 bits per heavy atom. The van der Waals surface area contributed by atoms with E-state index in [-0.39, 0.29) is 0 Å². The molecule has 0 aliphatic rings. The van der Waals surface area contributed by atoms with Crippen molar-refractivity contribution < 1.29 is 4.42 Å². The van der Waals surface area contributed by atoms with Crippen molar-refractivity contribution in [2.75, 3.05) is 0 Å². The summed E-state index contributed by atoms with van der Waals surface area (Å²) in [5, 5.41) is 6.77. The normalized spacial score (nSPS) is 12.1. The molecule has 4 heterocycles. The average molecular weight is 564 g/mol. The molecule has 0 N–H and O–H groups in total. The van der Waals surface area contributed by atoms with Crippen LogP contribution in [-0.2, 0) is 0 Å². The van der Waals surface area contributed by atoms with Crippen LogP contribution in [0.5, 0.6) is 0 Å². The van der Waals surface area contributed by atoms with E-state index in [0.29, 0.717) is 11.3 Å². The second kappa shape index (κ2) is 8.69. The minimum absolute atomic E-state index is 0.706. The Labute approximate surface area is 249 Å². The van der Waals surface area contributed by atoms with Crippen molar-refractivity contribution in [2.45, 2.75) is 0 Å². The van der Waals surface area contributed by atoms with Gasteiger partial charge in [-0.15, -0.1) is 0 Å². The molecular weight excluding hydrogens is 542 g/mol. The molecule has 0 aliphatic carbocycles. The number of benzene rings is 6. The van der Waals surface area contributed by atoms with Crippen molar-refractivity contribution in [3.8, 4) is 17.1 Å². The van der Waals surface area contributed by atoms with Crippen molar-refractivity contribution in [3.63, 3.8) is 0 Å². The predicted molar refractivity (Wildman–Crippen MR) is 177 cm³/mol. The zero-order chi connectivity index (χ0) is 28.8. The fraction of sp³-hybridized carbons (Fsp3) is 0. The first-order valence-corrected chi connectivity index (χ1v) is 14.6. The maximum atomic E-state index is 6.78. The Bertz CT molecular complexity index is 2780. The van der Waals surface area contributed by atoms with Crippen molar-refractivity contribution in [2.24, 2.45) is 0 Å². The number of rotatable bonds is 2. The summed E-state index contributed by atoms with van der Waals surface area (Å²) in [6, 6.07) is 39.6. The zero-order valence-electron chi connectivity index (χ0n) is 23.3. The van der Waals surface area contributed by atoms with E-state index in [2.05, 4.69) is 87.3 Å². The molecule has 6 nitrogen and oxygen atoms in total. The van der Waals surface area contributed by atoms with E-state index in [1.165, 1.54) is 5.39 Å². The van der Waals surface area contributed by atoms with Gasteiger partial charge in [0.25, 0.3) is 0 Å². The van der Waals surface area contributed by atoms with E-state index >= 15 is 0 Å². The molecule has 0 amide bonds. The van der Waals surface area contributed by atoms with Gasteiger partial charge in [-0.05, 0) is 35.0 Å². The Hall–Kier alpha value is -6.14. The van der Waals surface area contributed by atoms with Crippen molar-refractivity contribution >= 4 is 76.6 Å². The van der Waals surface area contributed by atoms with Crippen LogP contribution in [0.3, 0.4) is 0 Å². The van der Waals surface area contributed by atoms with Crippen LogP contribution in [0.1, 0.15) is 0 Å². The van der Waals surface area contributed by atoms with Crippen LogP contribution in [0.25, 0.3) is 93.7 Å². The van der Waals surface area contributed by atoms with Crippen molar-refractivity contribution in [3.05, 3.63) is 128 Å². The lowest BCUT2D eigenvalue weighted by Crippen LogP contribution is -2.04. The molecular formula is C38H21N5O. The molecule has 44 heavy (non-hydrogen) atoms.